The number of likely N-dealkylation sites (N-methyl/N-ethyl adjacent to an activating group) is 1. The molecule has 2 heterocycles. The molecule has 0 radical (unpaired) electrons. The van der Waals surface area contributed by atoms with Gasteiger partial charge in [-0.1, -0.05) is 37.6 Å². The van der Waals surface area contributed by atoms with Crippen LogP contribution in [-0.2, 0) is 10.2 Å². The second-order valence-corrected chi connectivity index (χ2v) is 8.77. The third-order valence-electron chi connectivity index (χ3n) is 6.73. The number of aliphatic hydroxyl groups excluding tert-OH is 1. The summed E-state index contributed by atoms with van der Waals surface area (Å²) in [5.74, 6) is 1.04. The van der Waals surface area contributed by atoms with E-state index in [-0.39, 0.29) is 5.91 Å². The van der Waals surface area contributed by atoms with Crippen molar-refractivity contribution in [2.45, 2.75) is 44.1 Å². The van der Waals surface area contributed by atoms with Gasteiger partial charge in [-0.15, -0.1) is 0 Å². The van der Waals surface area contributed by atoms with Gasteiger partial charge in [0.2, 0.25) is 5.91 Å². The van der Waals surface area contributed by atoms with Crippen LogP contribution in [0.15, 0.2) is 66.9 Å². The fourth-order valence-electron chi connectivity index (χ4n) is 4.73. The molecule has 1 fully saturated rings. The summed E-state index contributed by atoms with van der Waals surface area (Å²) in [6.07, 6.45) is 4.17. The molecular formula is C28H29N3O3. The van der Waals surface area contributed by atoms with Crippen molar-refractivity contribution < 1.29 is 14.6 Å². The molecule has 0 bridgehead atoms. The van der Waals surface area contributed by atoms with Gasteiger partial charge in [0, 0.05) is 19.8 Å². The Labute approximate surface area is 200 Å². The molecule has 0 spiro atoms. The van der Waals surface area contributed by atoms with Crippen molar-refractivity contribution in [3.63, 3.8) is 0 Å². The Kier molecular flexibility index (Phi) is 6.95. The van der Waals surface area contributed by atoms with Crippen LogP contribution in [-0.4, -0.2) is 34.5 Å². The van der Waals surface area contributed by atoms with E-state index in [1.807, 2.05) is 42.3 Å². The van der Waals surface area contributed by atoms with Crippen molar-refractivity contribution in [3.8, 4) is 17.6 Å². The summed E-state index contributed by atoms with van der Waals surface area (Å²) in [6, 6.07) is 20.1. The molecule has 1 aliphatic heterocycles. The van der Waals surface area contributed by atoms with E-state index in [1.165, 1.54) is 0 Å². The van der Waals surface area contributed by atoms with Gasteiger partial charge in [-0.05, 0) is 66.8 Å². The third-order valence-corrected chi connectivity index (χ3v) is 6.73. The molecule has 3 aromatic rings. The molecule has 2 unspecified atom stereocenters. The number of benzene rings is 2. The second-order valence-electron chi connectivity index (χ2n) is 8.77. The number of hydrogen-bond donors (Lipinski definition) is 1. The quantitative estimate of drug-likeness (QED) is 0.558. The smallest absolute Gasteiger partial charge is 0.232 e. The number of carbonyl (C=O) groups is 1. The highest BCUT2D eigenvalue weighted by Gasteiger charge is 2.41. The number of pyridine rings is 1. The highest BCUT2D eigenvalue weighted by molar-refractivity contribution is 5.88. The Balaban J connectivity index is 1.68. The van der Waals surface area contributed by atoms with Crippen molar-refractivity contribution >= 4 is 5.91 Å². The molecule has 0 aliphatic carbocycles. The Bertz CT molecular complexity index is 1210. The number of aromatic nitrogens is 1. The average molecular weight is 456 g/mol. The van der Waals surface area contributed by atoms with Crippen LogP contribution >= 0.6 is 0 Å². The molecule has 1 amide bonds. The zero-order valence-corrected chi connectivity index (χ0v) is 19.6. The molecule has 6 nitrogen and oxygen atoms in total. The fourth-order valence-corrected chi connectivity index (χ4v) is 4.73. The van der Waals surface area contributed by atoms with E-state index in [1.54, 1.807) is 36.5 Å². The SMILES string of the molecule is CCC1(c2cccc(Oc3cc(C(O)c4ccccn4)ccc3C#N)c2)CCCCN(C)C1=O. The van der Waals surface area contributed by atoms with Gasteiger partial charge in [-0.25, -0.2) is 0 Å². The summed E-state index contributed by atoms with van der Waals surface area (Å²) in [4.78, 5) is 19.4. The zero-order valence-electron chi connectivity index (χ0n) is 19.6. The Hall–Kier alpha value is -3.69. The summed E-state index contributed by atoms with van der Waals surface area (Å²) < 4.78 is 6.16. The largest absolute Gasteiger partial charge is 0.456 e. The first-order chi connectivity index (χ1) is 16.5. The number of carbonyl (C=O) groups excluding carboxylic acids is 1. The summed E-state index contributed by atoms with van der Waals surface area (Å²) in [5, 5.41) is 20.4. The number of nitriles is 1. The maximum Gasteiger partial charge on any atom is 0.232 e. The van der Waals surface area contributed by atoms with Crippen molar-refractivity contribution in [3.05, 3.63) is 89.2 Å². The van der Waals surface area contributed by atoms with E-state index in [2.05, 4.69) is 18.0 Å². The molecule has 1 N–H and O–H groups in total. The van der Waals surface area contributed by atoms with Crippen molar-refractivity contribution in [1.29, 1.82) is 5.26 Å². The highest BCUT2D eigenvalue weighted by Crippen LogP contribution is 2.39. The standard InChI is InChI=1S/C28H29N3O3/c1-3-28(14-5-7-16-31(2)27(28)33)22-9-8-10-23(18-22)34-25-17-20(12-13-21(25)19-29)26(32)24-11-4-6-15-30-24/h4,6,8-13,15,17-18,26,32H,3,5,7,14,16H2,1-2H3. The van der Waals surface area contributed by atoms with E-state index < -0.39 is 11.5 Å². The van der Waals surface area contributed by atoms with Gasteiger partial charge >= 0.3 is 0 Å². The summed E-state index contributed by atoms with van der Waals surface area (Å²) in [6.45, 7) is 2.83. The van der Waals surface area contributed by atoms with Crippen LogP contribution in [0.4, 0.5) is 0 Å². The normalized spacial score (nSPS) is 19.2. The van der Waals surface area contributed by atoms with Crippen LogP contribution in [0.25, 0.3) is 0 Å². The predicted octanol–water partition coefficient (Wildman–Crippen LogP) is 5.12. The first-order valence-electron chi connectivity index (χ1n) is 11.7. The molecular weight excluding hydrogens is 426 g/mol. The van der Waals surface area contributed by atoms with Gasteiger partial charge < -0.3 is 14.7 Å². The van der Waals surface area contributed by atoms with Gasteiger partial charge in [0.15, 0.2) is 0 Å². The first-order valence-corrected chi connectivity index (χ1v) is 11.7. The Morgan fingerprint density at radius 2 is 2.03 bits per heavy atom. The Morgan fingerprint density at radius 3 is 2.76 bits per heavy atom. The molecule has 2 atom stereocenters. The van der Waals surface area contributed by atoms with E-state index in [4.69, 9.17) is 4.74 Å². The molecule has 174 valence electrons. The number of ether oxygens (including phenoxy) is 1. The topological polar surface area (TPSA) is 86.4 Å². The maximum atomic E-state index is 13.3. The van der Waals surface area contributed by atoms with Gasteiger partial charge in [-0.3, -0.25) is 9.78 Å². The molecule has 34 heavy (non-hydrogen) atoms. The van der Waals surface area contributed by atoms with Gasteiger partial charge in [0.1, 0.15) is 23.7 Å². The fraction of sp³-hybridized carbons (Fsp3) is 0.321. The van der Waals surface area contributed by atoms with Crippen LogP contribution in [0.1, 0.15) is 61.1 Å². The molecule has 1 saturated heterocycles. The zero-order chi connectivity index (χ0) is 24.1. The van der Waals surface area contributed by atoms with Crippen molar-refractivity contribution in [1.82, 2.24) is 9.88 Å². The highest BCUT2D eigenvalue weighted by atomic mass is 16.5. The average Bonchev–Trinajstić information content (AvgIpc) is 3.03. The third kappa shape index (κ3) is 4.52. The lowest BCUT2D eigenvalue weighted by molar-refractivity contribution is -0.135. The van der Waals surface area contributed by atoms with Crippen LogP contribution in [0.3, 0.4) is 0 Å². The summed E-state index contributed by atoms with van der Waals surface area (Å²) in [5.41, 5.74) is 1.79. The minimum atomic E-state index is -0.940. The van der Waals surface area contributed by atoms with Crippen molar-refractivity contribution in [2.75, 3.05) is 13.6 Å². The van der Waals surface area contributed by atoms with E-state index in [0.717, 1.165) is 31.4 Å². The van der Waals surface area contributed by atoms with E-state index >= 15 is 0 Å². The van der Waals surface area contributed by atoms with Crippen LogP contribution in [0.5, 0.6) is 11.5 Å². The minimum absolute atomic E-state index is 0.142. The summed E-state index contributed by atoms with van der Waals surface area (Å²) >= 11 is 0. The number of nitrogens with zero attached hydrogens (tertiary/aromatic N) is 3. The number of likely N-dealkylation sites (tertiary alicyclic amines) is 1. The lowest BCUT2D eigenvalue weighted by Crippen LogP contribution is -2.43. The summed E-state index contributed by atoms with van der Waals surface area (Å²) in [7, 11) is 1.87. The molecule has 1 aromatic heterocycles. The minimum Gasteiger partial charge on any atom is -0.456 e. The lowest BCUT2D eigenvalue weighted by Gasteiger charge is -2.33. The monoisotopic (exact) mass is 455 g/mol. The van der Waals surface area contributed by atoms with E-state index in [9.17, 15) is 15.2 Å². The molecule has 0 saturated carbocycles. The van der Waals surface area contributed by atoms with Gasteiger partial charge in [0.05, 0.1) is 16.7 Å². The number of hydrogen-bond acceptors (Lipinski definition) is 5. The maximum absolute atomic E-state index is 13.3. The molecule has 2 aromatic carbocycles. The second kappa shape index (κ2) is 10.1. The van der Waals surface area contributed by atoms with Gasteiger partial charge in [-0.2, -0.15) is 5.26 Å². The van der Waals surface area contributed by atoms with Crippen LogP contribution in [0, 0.1) is 11.3 Å². The van der Waals surface area contributed by atoms with Crippen LogP contribution < -0.4 is 4.74 Å². The molecule has 1 aliphatic rings. The van der Waals surface area contributed by atoms with E-state index in [0.29, 0.717) is 34.7 Å². The lowest BCUT2D eigenvalue weighted by atomic mass is 9.73. The molecule has 4 rings (SSSR count). The van der Waals surface area contributed by atoms with Crippen LogP contribution in [0.2, 0.25) is 0 Å². The van der Waals surface area contributed by atoms with Gasteiger partial charge in [0.25, 0.3) is 0 Å². The number of amides is 1. The predicted molar refractivity (Wildman–Crippen MR) is 129 cm³/mol. The first kappa shape index (κ1) is 23.5. The number of aliphatic hydroxyl groups is 1. The molecule has 6 heteroatoms. The van der Waals surface area contributed by atoms with Crippen molar-refractivity contribution in [2.24, 2.45) is 0 Å². The Morgan fingerprint density at radius 1 is 1.18 bits per heavy atom. The number of rotatable bonds is 6.